The van der Waals surface area contributed by atoms with Gasteiger partial charge in [-0.1, -0.05) is 13.8 Å². The Hall–Kier alpha value is -2.83. The zero-order valence-corrected chi connectivity index (χ0v) is 16.0. The molecule has 7 heteroatoms. The zero-order chi connectivity index (χ0) is 18.7. The van der Waals surface area contributed by atoms with Crippen molar-refractivity contribution in [3.63, 3.8) is 0 Å². The normalized spacial score (nSPS) is 11.2. The Morgan fingerprint density at radius 2 is 1.81 bits per heavy atom. The van der Waals surface area contributed by atoms with E-state index in [4.69, 9.17) is 4.98 Å². The lowest BCUT2D eigenvalue weighted by atomic mass is 10.2. The van der Waals surface area contributed by atoms with E-state index in [1.165, 1.54) is 0 Å². The molecule has 26 heavy (non-hydrogen) atoms. The van der Waals surface area contributed by atoms with E-state index in [0.29, 0.717) is 11.7 Å². The summed E-state index contributed by atoms with van der Waals surface area (Å²) in [5, 5.41) is 7.90. The highest BCUT2D eigenvalue weighted by Gasteiger charge is 2.12. The van der Waals surface area contributed by atoms with Gasteiger partial charge in [-0.3, -0.25) is 9.67 Å². The molecule has 3 heterocycles. The van der Waals surface area contributed by atoms with E-state index in [9.17, 15) is 0 Å². The molecule has 0 radical (unpaired) electrons. The summed E-state index contributed by atoms with van der Waals surface area (Å²) in [5.74, 6) is 3.75. The van der Waals surface area contributed by atoms with Gasteiger partial charge in [-0.05, 0) is 26.0 Å². The van der Waals surface area contributed by atoms with Crippen LogP contribution in [0.25, 0.3) is 11.4 Å². The topological polar surface area (TPSA) is 81.4 Å². The maximum atomic E-state index is 4.70. The summed E-state index contributed by atoms with van der Waals surface area (Å²) in [6, 6.07) is 3.84. The zero-order valence-electron chi connectivity index (χ0n) is 16.0. The van der Waals surface area contributed by atoms with Crippen molar-refractivity contribution in [2.45, 2.75) is 40.0 Å². The van der Waals surface area contributed by atoms with Crippen LogP contribution in [0.3, 0.4) is 0 Å². The van der Waals surface area contributed by atoms with Crippen molar-refractivity contribution in [2.75, 3.05) is 11.9 Å². The molecule has 7 nitrogen and oxygen atoms in total. The lowest BCUT2D eigenvalue weighted by molar-refractivity contribution is 0.681. The molecule has 1 N–H and O–H groups in total. The fourth-order valence-corrected chi connectivity index (χ4v) is 2.62. The van der Waals surface area contributed by atoms with E-state index in [1.54, 1.807) is 12.4 Å². The average Bonchev–Trinajstić information content (AvgIpc) is 3.00. The number of aromatic nitrogens is 6. The Morgan fingerprint density at radius 1 is 1.08 bits per heavy atom. The van der Waals surface area contributed by atoms with Gasteiger partial charge >= 0.3 is 0 Å². The first-order valence-electron chi connectivity index (χ1n) is 8.85. The molecule has 0 aliphatic heterocycles. The molecule has 0 atom stereocenters. The fourth-order valence-electron chi connectivity index (χ4n) is 2.62. The van der Waals surface area contributed by atoms with Crippen LogP contribution in [0.2, 0.25) is 0 Å². The monoisotopic (exact) mass is 351 g/mol. The van der Waals surface area contributed by atoms with Gasteiger partial charge in [0.25, 0.3) is 0 Å². The maximum absolute atomic E-state index is 4.70. The van der Waals surface area contributed by atoms with Crippen LogP contribution in [-0.2, 0) is 13.5 Å². The third kappa shape index (κ3) is 3.87. The summed E-state index contributed by atoms with van der Waals surface area (Å²) in [6.07, 6.45) is 4.28. The molecule has 0 amide bonds. The first-order valence-corrected chi connectivity index (χ1v) is 8.85. The third-order valence-electron chi connectivity index (χ3n) is 4.35. The van der Waals surface area contributed by atoms with Gasteiger partial charge in [0.15, 0.2) is 11.6 Å². The minimum absolute atomic E-state index is 0.331. The van der Waals surface area contributed by atoms with Crippen molar-refractivity contribution < 1.29 is 0 Å². The van der Waals surface area contributed by atoms with Gasteiger partial charge in [0, 0.05) is 55.1 Å². The molecule has 3 aromatic rings. The third-order valence-corrected chi connectivity index (χ3v) is 4.35. The second kappa shape index (κ2) is 7.59. The van der Waals surface area contributed by atoms with Crippen molar-refractivity contribution in [2.24, 2.45) is 7.05 Å². The van der Waals surface area contributed by atoms with Gasteiger partial charge in [-0.15, -0.1) is 0 Å². The Balaban J connectivity index is 1.75. The molecule has 0 spiro atoms. The molecule has 0 aromatic carbocycles. The summed E-state index contributed by atoms with van der Waals surface area (Å²) in [5.41, 5.74) is 2.99. The van der Waals surface area contributed by atoms with E-state index in [0.717, 1.165) is 47.3 Å². The van der Waals surface area contributed by atoms with Crippen molar-refractivity contribution in [3.05, 3.63) is 47.4 Å². The van der Waals surface area contributed by atoms with E-state index in [1.807, 2.05) is 37.7 Å². The predicted octanol–water partition coefficient (Wildman–Crippen LogP) is 3.06. The van der Waals surface area contributed by atoms with Gasteiger partial charge in [0.05, 0.1) is 0 Å². The molecule has 0 aliphatic rings. The minimum atomic E-state index is 0.331. The largest absolute Gasteiger partial charge is 0.369 e. The summed E-state index contributed by atoms with van der Waals surface area (Å²) in [7, 11) is 1.94. The highest BCUT2D eigenvalue weighted by atomic mass is 15.3. The van der Waals surface area contributed by atoms with Crippen LogP contribution in [0.4, 0.5) is 5.82 Å². The molecular weight excluding hydrogens is 326 g/mol. The minimum Gasteiger partial charge on any atom is -0.369 e. The van der Waals surface area contributed by atoms with Crippen LogP contribution in [0.1, 0.15) is 42.7 Å². The first-order chi connectivity index (χ1) is 12.5. The highest BCUT2D eigenvalue weighted by molar-refractivity contribution is 5.59. The van der Waals surface area contributed by atoms with Crippen molar-refractivity contribution in [3.8, 4) is 11.4 Å². The van der Waals surface area contributed by atoms with Crippen molar-refractivity contribution in [1.29, 1.82) is 0 Å². The molecule has 0 bridgehead atoms. The van der Waals surface area contributed by atoms with Crippen LogP contribution in [0, 0.1) is 13.8 Å². The number of nitrogens with zero attached hydrogens (tertiary/aromatic N) is 6. The molecule has 0 aliphatic carbocycles. The van der Waals surface area contributed by atoms with E-state index < -0.39 is 0 Å². The molecule has 136 valence electrons. The average molecular weight is 351 g/mol. The van der Waals surface area contributed by atoms with Gasteiger partial charge in [0.1, 0.15) is 11.6 Å². The van der Waals surface area contributed by atoms with Gasteiger partial charge in [0.2, 0.25) is 0 Å². The van der Waals surface area contributed by atoms with Crippen LogP contribution in [0.15, 0.2) is 24.5 Å². The highest BCUT2D eigenvalue weighted by Crippen LogP contribution is 2.21. The smallest absolute Gasteiger partial charge is 0.161 e. The second-order valence-electron chi connectivity index (χ2n) is 6.68. The molecule has 3 aromatic heterocycles. The van der Waals surface area contributed by atoms with Crippen LogP contribution >= 0.6 is 0 Å². The van der Waals surface area contributed by atoms with Crippen LogP contribution in [-0.4, -0.2) is 36.3 Å². The van der Waals surface area contributed by atoms with Crippen molar-refractivity contribution in [1.82, 2.24) is 29.7 Å². The first kappa shape index (κ1) is 18.0. The number of anilines is 1. The molecule has 0 saturated heterocycles. The Labute approximate surface area is 154 Å². The Morgan fingerprint density at radius 3 is 2.46 bits per heavy atom. The van der Waals surface area contributed by atoms with Gasteiger partial charge in [-0.25, -0.2) is 15.0 Å². The predicted molar refractivity (Wildman–Crippen MR) is 102 cm³/mol. The molecule has 3 rings (SSSR count). The molecule has 0 saturated carbocycles. The van der Waals surface area contributed by atoms with Crippen molar-refractivity contribution >= 4 is 5.82 Å². The van der Waals surface area contributed by atoms with Gasteiger partial charge in [-0.2, -0.15) is 5.10 Å². The lowest BCUT2D eigenvalue weighted by Crippen LogP contribution is -2.12. The number of pyridine rings is 1. The standard InChI is InChI=1S/C19H25N7/c1-12(2)17-23-16(26(5)25-17)8-11-21-18-13(3)14(4)22-19(24-18)15-6-9-20-10-7-15/h6-7,9-10,12H,8,11H2,1-5H3,(H,21,22,24). The summed E-state index contributed by atoms with van der Waals surface area (Å²) >= 11 is 0. The van der Waals surface area contributed by atoms with Gasteiger partial charge < -0.3 is 5.32 Å². The Bertz CT molecular complexity index is 884. The summed E-state index contributed by atoms with van der Waals surface area (Å²) < 4.78 is 1.86. The maximum Gasteiger partial charge on any atom is 0.161 e. The Kier molecular flexibility index (Phi) is 5.25. The van der Waals surface area contributed by atoms with Crippen LogP contribution in [0.5, 0.6) is 0 Å². The van der Waals surface area contributed by atoms with E-state index >= 15 is 0 Å². The quantitative estimate of drug-likeness (QED) is 0.735. The molecule has 0 unspecified atom stereocenters. The summed E-state index contributed by atoms with van der Waals surface area (Å²) in [4.78, 5) is 18.0. The SMILES string of the molecule is Cc1nc(-c2ccncc2)nc(NCCc2nc(C(C)C)nn2C)c1C. The number of hydrogen-bond donors (Lipinski definition) is 1. The fraction of sp³-hybridized carbons (Fsp3) is 0.421. The number of aryl methyl sites for hydroxylation is 2. The van der Waals surface area contributed by atoms with E-state index in [2.05, 4.69) is 39.2 Å². The number of rotatable bonds is 6. The summed E-state index contributed by atoms with van der Waals surface area (Å²) in [6.45, 7) is 8.98. The van der Waals surface area contributed by atoms with Crippen LogP contribution < -0.4 is 5.32 Å². The number of hydrogen-bond acceptors (Lipinski definition) is 6. The lowest BCUT2D eigenvalue weighted by Gasteiger charge is -2.12. The second-order valence-corrected chi connectivity index (χ2v) is 6.68. The number of nitrogens with one attached hydrogen (secondary N) is 1. The molecule has 0 fully saturated rings. The molecular formula is C19H25N7. The van der Waals surface area contributed by atoms with E-state index in [-0.39, 0.29) is 0 Å².